The number of hydrogen-bond donors (Lipinski definition) is 0. The van der Waals surface area contributed by atoms with Crippen molar-refractivity contribution in [1.82, 2.24) is 0 Å². The van der Waals surface area contributed by atoms with E-state index in [9.17, 15) is 8.78 Å². The minimum absolute atomic E-state index is 0.186. The van der Waals surface area contributed by atoms with Gasteiger partial charge in [0.1, 0.15) is 5.82 Å². The molecule has 0 bridgehead atoms. The molecule has 0 unspecified atom stereocenters. The number of unbranched alkanes of at least 4 members (excludes halogenated alkanes) is 2. The van der Waals surface area contributed by atoms with E-state index >= 15 is 0 Å². The van der Waals surface area contributed by atoms with Gasteiger partial charge in [-0.2, -0.15) is 0 Å². The maximum absolute atomic E-state index is 14.1. The molecule has 100 valence electrons. The highest BCUT2D eigenvalue weighted by Gasteiger charge is 2.05. The molecule has 19 heavy (non-hydrogen) atoms. The summed E-state index contributed by atoms with van der Waals surface area (Å²) in [4.78, 5) is 0. The minimum atomic E-state index is -0.263. The lowest BCUT2D eigenvalue weighted by molar-refractivity contribution is 0.456. The zero-order valence-corrected chi connectivity index (χ0v) is 10.9. The van der Waals surface area contributed by atoms with E-state index in [2.05, 4.69) is 0 Å². The van der Waals surface area contributed by atoms with Crippen molar-refractivity contribution in [3.63, 3.8) is 0 Å². The first-order valence-electron chi connectivity index (χ1n) is 6.71. The monoisotopic (exact) mass is 260 g/mol. The third kappa shape index (κ3) is 3.88. The minimum Gasteiger partial charge on any atom is -0.251 e. The lowest BCUT2D eigenvalue weighted by Gasteiger charge is -2.06. The second-order valence-corrected chi connectivity index (χ2v) is 4.68. The Kier molecular flexibility index (Phi) is 5.08. The molecular weight excluding hydrogens is 242 g/mol. The Hall–Kier alpha value is -1.70. The normalized spacial score (nSPS) is 10.6. The van der Waals surface area contributed by atoms with E-state index in [0.29, 0.717) is 12.0 Å². The van der Waals surface area contributed by atoms with Crippen LogP contribution in [0.15, 0.2) is 48.5 Å². The summed E-state index contributed by atoms with van der Waals surface area (Å²) in [5, 5.41) is 0. The number of halogens is 2. The number of benzene rings is 2. The van der Waals surface area contributed by atoms with Gasteiger partial charge in [0.2, 0.25) is 0 Å². The molecule has 0 aliphatic rings. The van der Waals surface area contributed by atoms with Crippen LogP contribution in [0.3, 0.4) is 0 Å². The van der Waals surface area contributed by atoms with E-state index in [0.717, 1.165) is 30.4 Å². The zero-order chi connectivity index (χ0) is 13.5. The number of hydrogen-bond acceptors (Lipinski definition) is 0. The highest BCUT2D eigenvalue weighted by molar-refractivity contribution is 5.64. The van der Waals surface area contributed by atoms with E-state index in [4.69, 9.17) is 0 Å². The predicted octanol–water partition coefficient (Wildman–Crippen LogP) is 5.18. The van der Waals surface area contributed by atoms with Crippen molar-refractivity contribution in [1.29, 1.82) is 0 Å². The second kappa shape index (κ2) is 7.03. The van der Waals surface area contributed by atoms with Crippen molar-refractivity contribution < 1.29 is 8.78 Å². The molecular formula is C17H18F2. The molecule has 2 aromatic carbocycles. The number of rotatable bonds is 6. The molecule has 0 radical (unpaired) electrons. The van der Waals surface area contributed by atoms with Gasteiger partial charge < -0.3 is 0 Å². The lowest BCUT2D eigenvalue weighted by atomic mass is 10.0. The molecule has 0 aromatic heterocycles. The van der Waals surface area contributed by atoms with E-state index in [1.165, 1.54) is 0 Å². The molecule has 2 rings (SSSR count). The van der Waals surface area contributed by atoms with Crippen molar-refractivity contribution in [2.45, 2.75) is 25.7 Å². The average molecular weight is 260 g/mol. The molecule has 0 spiro atoms. The third-order valence-corrected chi connectivity index (χ3v) is 3.22. The second-order valence-electron chi connectivity index (χ2n) is 4.68. The summed E-state index contributed by atoms with van der Waals surface area (Å²) in [5.41, 5.74) is 2.51. The zero-order valence-electron chi connectivity index (χ0n) is 10.9. The van der Waals surface area contributed by atoms with Crippen LogP contribution in [0.4, 0.5) is 8.78 Å². The molecule has 2 aromatic rings. The van der Waals surface area contributed by atoms with Gasteiger partial charge >= 0.3 is 0 Å². The van der Waals surface area contributed by atoms with Crippen LogP contribution >= 0.6 is 0 Å². The van der Waals surface area contributed by atoms with Crippen LogP contribution in [0.25, 0.3) is 11.1 Å². The van der Waals surface area contributed by atoms with Gasteiger partial charge in [-0.15, -0.1) is 0 Å². The molecule has 0 fully saturated rings. The van der Waals surface area contributed by atoms with Gasteiger partial charge in [-0.25, -0.2) is 4.39 Å². The van der Waals surface area contributed by atoms with Crippen molar-refractivity contribution in [2.75, 3.05) is 6.67 Å². The first kappa shape index (κ1) is 13.7. The van der Waals surface area contributed by atoms with Crippen LogP contribution in [0.5, 0.6) is 0 Å². The van der Waals surface area contributed by atoms with E-state index in [-0.39, 0.29) is 12.5 Å². The van der Waals surface area contributed by atoms with Gasteiger partial charge in [0.25, 0.3) is 0 Å². The molecule has 2 heteroatoms. The molecule has 0 atom stereocenters. The van der Waals surface area contributed by atoms with Crippen LogP contribution in [0, 0.1) is 5.82 Å². The topological polar surface area (TPSA) is 0 Å². The van der Waals surface area contributed by atoms with E-state index in [1.54, 1.807) is 6.07 Å². The summed E-state index contributed by atoms with van der Waals surface area (Å²) in [5.74, 6) is -0.186. The maximum atomic E-state index is 14.1. The fraction of sp³-hybridized carbons (Fsp3) is 0.294. The molecule has 0 N–H and O–H groups in total. The Morgan fingerprint density at radius 1 is 0.842 bits per heavy atom. The van der Waals surface area contributed by atoms with Gasteiger partial charge in [0.15, 0.2) is 0 Å². The summed E-state index contributed by atoms with van der Waals surface area (Å²) in [6, 6.07) is 14.9. The summed E-state index contributed by atoms with van der Waals surface area (Å²) in [7, 11) is 0. The third-order valence-electron chi connectivity index (χ3n) is 3.22. The number of alkyl halides is 1. The first-order chi connectivity index (χ1) is 9.31. The Bertz CT molecular complexity index is 506. The smallest absolute Gasteiger partial charge is 0.131 e. The van der Waals surface area contributed by atoms with Crippen molar-refractivity contribution in [2.24, 2.45) is 0 Å². The van der Waals surface area contributed by atoms with Crippen molar-refractivity contribution in [3.05, 3.63) is 59.9 Å². The largest absolute Gasteiger partial charge is 0.251 e. The van der Waals surface area contributed by atoms with Crippen LogP contribution < -0.4 is 0 Å². The molecule has 0 aliphatic heterocycles. The van der Waals surface area contributed by atoms with E-state index < -0.39 is 0 Å². The van der Waals surface area contributed by atoms with Gasteiger partial charge in [-0.1, -0.05) is 48.9 Å². The fourth-order valence-electron chi connectivity index (χ4n) is 2.17. The molecule has 0 saturated carbocycles. The van der Waals surface area contributed by atoms with E-state index in [1.807, 2.05) is 42.5 Å². The van der Waals surface area contributed by atoms with Gasteiger partial charge in [0, 0.05) is 5.56 Å². The number of aryl methyl sites for hydroxylation is 1. The van der Waals surface area contributed by atoms with Crippen molar-refractivity contribution in [3.8, 4) is 11.1 Å². The van der Waals surface area contributed by atoms with Crippen LogP contribution in [-0.4, -0.2) is 6.67 Å². The Labute approximate surface area is 113 Å². The van der Waals surface area contributed by atoms with Crippen LogP contribution in [0.2, 0.25) is 0 Å². The predicted molar refractivity (Wildman–Crippen MR) is 75.4 cm³/mol. The highest BCUT2D eigenvalue weighted by atomic mass is 19.1. The van der Waals surface area contributed by atoms with Crippen LogP contribution in [-0.2, 0) is 6.42 Å². The summed E-state index contributed by atoms with van der Waals surface area (Å²) < 4.78 is 26.0. The standard InChI is InChI=1S/C17H18F2/c18-12-6-2-3-7-14-10-11-16(17(19)13-14)15-8-4-1-5-9-15/h1,4-5,8-11,13H,2-3,6-7,12H2. The Balaban J connectivity index is 2.05. The Morgan fingerprint density at radius 3 is 2.32 bits per heavy atom. The molecule has 0 saturated heterocycles. The summed E-state index contributed by atoms with van der Waals surface area (Å²) >= 11 is 0. The highest BCUT2D eigenvalue weighted by Crippen LogP contribution is 2.23. The fourth-order valence-corrected chi connectivity index (χ4v) is 2.17. The Morgan fingerprint density at radius 2 is 1.63 bits per heavy atom. The van der Waals surface area contributed by atoms with Gasteiger partial charge in [-0.05, 0) is 36.5 Å². The molecule has 0 heterocycles. The van der Waals surface area contributed by atoms with Gasteiger partial charge in [0.05, 0.1) is 6.67 Å². The summed E-state index contributed by atoms with van der Waals surface area (Å²) in [6.07, 6.45) is 3.18. The molecule has 0 aliphatic carbocycles. The molecule has 0 amide bonds. The summed E-state index contributed by atoms with van der Waals surface area (Å²) in [6.45, 7) is -0.263. The average Bonchev–Trinajstić information content (AvgIpc) is 2.45. The van der Waals surface area contributed by atoms with Crippen molar-refractivity contribution >= 4 is 0 Å². The quantitative estimate of drug-likeness (QED) is 0.628. The lowest BCUT2D eigenvalue weighted by Crippen LogP contribution is -1.91. The SMILES string of the molecule is FCCCCCc1ccc(-c2ccccc2)c(F)c1. The van der Waals surface area contributed by atoms with Crippen LogP contribution in [0.1, 0.15) is 24.8 Å². The molecule has 0 nitrogen and oxygen atoms in total. The maximum Gasteiger partial charge on any atom is 0.131 e. The first-order valence-corrected chi connectivity index (χ1v) is 6.71. The van der Waals surface area contributed by atoms with Gasteiger partial charge in [-0.3, -0.25) is 4.39 Å².